The Morgan fingerprint density at radius 1 is 0.719 bits per heavy atom. The van der Waals surface area contributed by atoms with Crippen LogP contribution in [-0.2, 0) is 12.8 Å². The predicted molar refractivity (Wildman–Crippen MR) is 137 cm³/mol. The number of hydrogen-bond acceptors (Lipinski definition) is 2. The molecule has 2 N–H and O–H groups in total. The normalized spacial score (nSPS) is 11.3. The summed E-state index contributed by atoms with van der Waals surface area (Å²) >= 11 is 0. The van der Waals surface area contributed by atoms with Crippen molar-refractivity contribution in [3.63, 3.8) is 0 Å². The maximum Gasteiger partial charge on any atom is 0.326 e. The summed E-state index contributed by atoms with van der Waals surface area (Å²) in [6.07, 6.45) is 18.8. The van der Waals surface area contributed by atoms with E-state index < -0.39 is 6.03 Å². The molecule has 0 aliphatic carbocycles. The van der Waals surface area contributed by atoms with Gasteiger partial charge in [-0.3, -0.25) is 4.79 Å². The molecular weight excluding hydrogens is 396 g/mol. The van der Waals surface area contributed by atoms with Crippen LogP contribution in [0.4, 0.5) is 4.79 Å². The molecule has 0 spiro atoms. The number of fused-ring (bicyclic) bond motifs is 1. The van der Waals surface area contributed by atoms with Crippen molar-refractivity contribution in [3.8, 4) is 0 Å². The van der Waals surface area contributed by atoms with E-state index in [9.17, 15) is 9.59 Å². The number of hydrogen-bond donors (Lipinski definition) is 1. The number of unbranched alkanes of at least 4 members (excludes halogenated alkanes) is 12. The van der Waals surface area contributed by atoms with Gasteiger partial charge in [0.05, 0.1) is 5.52 Å². The maximum absolute atomic E-state index is 13.3. The van der Waals surface area contributed by atoms with Crippen LogP contribution < -0.4 is 11.3 Å². The van der Waals surface area contributed by atoms with Gasteiger partial charge in [-0.15, -0.1) is 0 Å². The summed E-state index contributed by atoms with van der Waals surface area (Å²) in [6, 6.07) is 7.06. The topological polar surface area (TPSA) is 65.1 Å². The first-order valence-electron chi connectivity index (χ1n) is 13.1. The maximum atomic E-state index is 13.3. The van der Waals surface area contributed by atoms with Crippen LogP contribution in [0.25, 0.3) is 10.9 Å². The van der Waals surface area contributed by atoms with E-state index in [2.05, 4.69) is 13.8 Å². The average molecular weight is 441 g/mol. The van der Waals surface area contributed by atoms with Crippen molar-refractivity contribution < 1.29 is 4.79 Å². The van der Waals surface area contributed by atoms with E-state index in [0.717, 1.165) is 48.6 Å². The molecule has 4 nitrogen and oxygen atoms in total. The van der Waals surface area contributed by atoms with Gasteiger partial charge < -0.3 is 5.73 Å². The SMILES string of the molecule is CCCCCCCCCc1c(CCCCCCCCC)c2ccccc2n(C(N)=O)c1=O. The van der Waals surface area contributed by atoms with Crippen molar-refractivity contribution in [1.82, 2.24) is 4.57 Å². The first-order valence-corrected chi connectivity index (χ1v) is 13.1. The fourth-order valence-electron chi connectivity index (χ4n) is 4.74. The molecule has 0 bridgehead atoms. The summed E-state index contributed by atoms with van der Waals surface area (Å²) in [5.41, 5.74) is 8.01. The van der Waals surface area contributed by atoms with Gasteiger partial charge in [-0.05, 0) is 37.3 Å². The van der Waals surface area contributed by atoms with E-state index in [1.54, 1.807) is 0 Å². The molecule has 1 aromatic heterocycles. The summed E-state index contributed by atoms with van der Waals surface area (Å²) in [7, 11) is 0. The Morgan fingerprint density at radius 3 is 1.72 bits per heavy atom. The average Bonchev–Trinajstić information content (AvgIpc) is 2.78. The Hall–Kier alpha value is -2.10. The largest absolute Gasteiger partial charge is 0.351 e. The lowest BCUT2D eigenvalue weighted by Gasteiger charge is -2.16. The van der Waals surface area contributed by atoms with Crippen molar-refractivity contribution >= 4 is 16.9 Å². The third kappa shape index (κ3) is 7.79. The molecule has 32 heavy (non-hydrogen) atoms. The lowest BCUT2D eigenvalue weighted by atomic mass is 9.93. The number of benzene rings is 1. The fraction of sp³-hybridized carbons (Fsp3) is 0.643. The second kappa shape index (κ2) is 14.9. The summed E-state index contributed by atoms with van der Waals surface area (Å²) in [4.78, 5) is 25.5. The number of primary amides is 1. The van der Waals surface area contributed by atoms with Gasteiger partial charge in [0.25, 0.3) is 5.56 Å². The van der Waals surface area contributed by atoms with Crippen LogP contribution in [0.1, 0.15) is 115 Å². The Kier molecular flexibility index (Phi) is 12.2. The summed E-state index contributed by atoms with van der Waals surface area (Å²) in [5, 5.41) is 1.01. The zero-order valence-electron chi connectivity index (χ0n) is 20.5. The molecule has 1 aromatic carbocycles. The van der Waals surface area contributed by atoms with Crippen molar-refractivity contribution in [2.24, 2.45) is 5.73 Å². The smallest absolute Gasteiger partial charge is 0.326 e. The van der Waals surface area contributed by atoms with Gasteiger partial charge in [-0.2, -0.15) is 0 Å². The van der Waals surface area contributed by atoms with Gasteiger partial charge in [-0.25, -0.2) is 9.36 Å². The highest BCUT2D eigenvalue weighted by molar-refractivity contribution is 5.92. The van der Waals surface area contributed by atoms with Gasteiger partial charge in [0.15, 0.2) is 0 Å². The molecule has 0 aliphatic rings. The fourth-order valence-corrected chi connectivity index (χ4v) is 4.74. The zero-order chi connectivity index (χ0) is 23.2. The third-order valence-corrected chi connectivity index (χ3v) is 6.58. The van der Waals surface area contributed by atoms with E-state index in [-0.39, 0.29) is 5.56 Å². The molecule has 178 valence electrons. The summed E-state index contributed by atoms with van der Waals surface area (Å²) in [6.45, 7) is 4.47. The molecule has 0 fully saturated rings. The predicted octanol–water partition coefficient (Wildman–Crippen LogP) is 7.51. The minimum Gasteiger partial charge on any atom is -0.351 e. The van der Waals surface area contributed by atoms with Crippen molar-refractivity contribution in [2.45, 2.75) is 117 Å². The molecule has 2 rings (SSSR count). The zero-order valence-corrected chi connectivity index (χ0v) is 20.5. The highest BCUT2D eigenvalue weighted by Crippen LogP contribution is 2.24. The highest BCUT2D eigenvalue weighted by atomic mass is 16.2. The quantitative estimate of drug-likeness (QED) is 0.274. The number of carbonyl (C=O) groups excluding carboxylic acids is 1. The van der Waals surface area contributed by atoms with Crippen molar-refractivity contribution in [3.05, 3.63) is 45.7 Å². The van der Waals surface area contributed by atoms with Crippen LogP contribution in [0.5, 0.6) is 0 Å². The summed E-state index contributed by atoms with van der Waals surface area (Å²) < 4.78 is 1.18. The van der Waals surface area contributed by atoms with E-state index in [0.29, 0.717) is 5.52 Å². The number of pyridine rings is 1. The van der Waals surface area contributed by atoms with E-state index in [4.69, 9.17) is 5.73 Å². The second-order valence-corrected chi connectivity index (χ2v) is 9.20. The van der Waals surface area contributed by atoms with Crippen LogP contribution in [-0.4, -0.2) is 10.6 Å². The molecule has 0 aliphatic heterocycles. The van der Waals surface area contributed by atoms with Gasteiger partial charge >= 0.3 is 6.03 Å². The van der Waals surface area contributed by atoms with Gasteiger partial charge in [0.2, 0.25) is 0 Å². The third-order valence-electron chi connectivity index (χ3n) is 6.58. The Bertz CT molecular complexity index is 885. The number of carbonyl (C=O) groups is 1. The van der Waals surface area contributed by atoms with Crippen LogP contribution in [0.3, 0.4) is 0 Å². The minimum atomic E-state index is -0.686. The lowest BCUT2D eigenvalue weighted by molar-refractivity contribution is 0.250. The standard InChI is InChI=1S/C28H44N2O2/c1-3-5-7-9-11-13-15-19-23-24-20-17-18-22-26(24)30(28(29)32)27(31)25(23)21-16-14-12-10-8-6-4-2/h17-18,20,22H,3-16,19,21H2,1-2H3,(H2,29,32). The van der Waals surface area contributed by atoms with E-state index in [1.165, 1.54) is 75.2 Å². The number of amides is 1. The van der Waals surface area contributed by atoms with E-state index in [1.807, 2.05) is 24.3 Å². The number of nitrogens with two attached hydrogens (primary N) is 1. The summed E-state index contributed by atoms with van der Waals surface area (Å²) in [5.74, 6) is 0. The molecule has 0 saturated heterocycles. The minimum absolute atomic E-state index is 0.208. The lowest BCUT2D eigenvalue weighted by Crippen LogP contribution is -2.35. The number of rotatable bonds is 16. The van der Waals surface area contributed by atoms with Crippen LogP contribution in [0.15, 0.2) is 29.1 Å². The molecule has 1 heterocycles. The molecule has 2 aromatic rings. The molecule has 1 amide bonds. The van der Waals surface area contributed by atoms with E-state index >= 15 is 0 Å². The van der Waals surface area contributed by atoms with Crippen LogP contribution >= 0.6 is 0 Å². The molecule has 0 atom stereocenters. The number of aromatic nitrogens is 1. The van der Waals surface area contributed by atoms with Gasteiger partial charge in [-0.1, -0.05) is 109 Å². The Labute approximate surface area is 194 Å². The second-order valence-electron chi connectivity index (χ2n) is 9.20. The number of para-hydroxylation sites is 1. The Morgan fingerprint density at radius 2 is 1.19 bits per heavy atom. The first-order chi connectivity index (χ1) is 15.6. The first kappa shape index (κ1) is 26.2. The monoisotopic (exact) mass is 440 g/mol. The molecular formula is C28H44N2O2. The number of aryl methyl sites for hydroxylation is 1. The molecule has 0 saturated carbocycles. The molecule has 4 heteroatoms. The van der Waals surface area contributed by atoms with Gasteiger partial charge in [0.1, 0.15) is 0 Å². The Balaban J connectivity index is 2.17. The number of nitrogens with zero attached hydrogens (tertiary/aromatic N) is 1. The van der Waals surface area contributed by atoms with Gasteiger partial charge in [0, 0.05) is 10.9 Å². The molecule has 0 unspecified atom stereocenters. The van der Waals surface area contributed by atoms with Crippen molar-refractivity contribution in [2.75, 3.05) is 0 Å². The molecule has 0 radical (unpaired) electrons. The van der Waals surface area contributed by atoms with Crippen LogP contribution in [0.2, 0.25) is 0 Å². The van der Waals surface area contributed by atoms with Crippen molar-refractivity contribution in [1.29, 1.82) is 0 Å². The van der Waals surface area contributed by atoms with Crippen LogP contribution in [0, 0.1) is 0 Å². The highest BCUT2D eigenvalue weighted by Gasteiger charge is 2.18.